The van der Waals surface area contributed by atoms with Crippen molar-refractivity contribution in [3.8, 4) is 11.5 Å². The second-order valence-corrected chi connectivity index (χ2v) is 7.88. The molecule has 0 aliphatic carbocycles. The highest BCUT2D eigenvalue weighted by Crippen LogP contribution is 2.30. The van der Waals surface area contributed by atoms with Crippen molar-refractivity contribution in [1.29, 1.82) is 0 Å². The molecule has 0 unspecified atom stereocenters. The zero-order valence-electron chi connectivity index (χ0n) is 17.1. The predicted molar refractivity (Wildman–Crippen MR) is 116 cm³/mol. The Labute approximate surface area is 172 Å². The molecule has 0 radical (unpaired) electrons. The number of ether oxygens (including phenoxy) is 2. The van der Waals surface area contributed by atoms with Gasteiger partial charge in [0.2, 0.25) is 0 Å². The van der Waals surface area contributed by atoms with Crippen LogP contribution in [0.5, 0.6) is 11.5 Å². The molecule has 1 amide bonds. The van der Waals surface area contributed by atoms with Crippen LogP contribution >= 0.6 is 0 Å². The molecule has 1 N–H and O–H groups in total. The number of amides is 1. The SMILES string of the molecule is CC(C)(C)c1ccccc1OCC(=O)Nc1ccc(OCc2ccccc2)cc1. The van der Waals surface area contributed by atoms with E-state index in [1.165, 1.54) is 0 Å². The molecular weight excluding hydrogens is 362 g/mol. The van der Waals surface area contributed by atoms with Gasteiger partial charge >= 0.3 is 0 Å². The van der Waals surface area contributed by atoms with Crippen LogP contribution in [-0.4, -0.2) is 12.5 Å². The first-order valence-corrected chi connectivity index (χ1v) is 9.71. The third-order valence-corrected chi connectivity index (χ3v) is 4.44. The van der Waals surface area contributed by atoms with Gasteiger partial charge in [-0.05, 0) is 46.9 Å². The first-order chi connectivity index (χ1) is 13.9. The van der Waals surface area contributed by atoms with E-state index in [2.05, 4.69) is 26.1 Å². The van der Waals surface area contributed by atoms with Gasteiger partial charge in [0.25, 0.3) is 5.91 Å². The maximum atomic E-state index is 12.3. The number of rotatable bonds is 7. The van der Waals surface area contributed by atoms with Crippen molar-refractivity contribution in [2.75, 3.05) is 11.9 Å². The molecule has 0 aliphatic heterocycles. The third kappa shape index (κ3) is 6.11. The molecule has 0 bridgehead atoms. The van der Waals surface area contributed by atoms with Crippen LogP contribution < -0.4 is 14.8 Å². The van der Waals surface area contributed by atoms with E-state index in [1.807, 2.05) is 78.9 Å². The minimum Gasteiger partial charge on any atom is -0.489 e. The van der Waals surface area contributed by atoms with E-state index in [1.54, 1.807) is 0 Å². The molecule has 3 aromatic carbocycles. The Morgan fingerprint density at radius 1 is 0.828 bits per heavy atom. The highest BCUT2D eigenvalue weighted by Gasteiger charge is 2.18. The first-order valence-electron chi connectivity index (χ1n) is 9.71. The van der Waals surface area contributed by atoms with Crippen molar-refractivity contribution in [2.24, 2.45) is 0 Å². The van der Waals surface area contributed by atoms with E-state index < -0.39 is 0 Å². The number of carbonyl (C=O) groups is 1. The van der Waals surface area contributed by atoms with Crippen LogP contribution in [0.1, 0.15) is 31.9 Å². The summed E-state index contributed by atoms with van der Waals surface area (Å²) in [5.74, 6) is 1.29. The van der Waals surface area contributed by atoms with Gasteiger partial charge in [0, 0.05) is 5.69 Å². The van der Waals surface area contributed by atoms with Crippen LogP contribution in [0.25, 0.3) is 0 Å². The normalized spacial score (nSPS) is 11.0. The van der Waals surface area contributed by atoms with Crippen molar-refractivity contribution in [3.05, 3.63) is 90.0 Å². The molecule has 4 nitrogen and oxygen atoms in total. The number of hydrogen-bond acceptors (Lipinski definition) is 3. The van der Waals surface area contributed by atoms with Gasteiger partial charge in [-0.1, -0.05) is 69.3 Å². The Morgan fingerprint density at radius 2 is 1.48 bits per heavy atom. The summed E-state index contributed by atoms with van der Waals surface area (Å²) in [6.45, 7) is 6.83. The number of anilines is 1. The summed E-state index contributed by atoms with van der Waals surface area (Å²) < 4.78 is 11.5. The Bertz CT molecular complexity index is 928. The van der Waals surface area contributed by atoms with E-state index in [0.717, 1.165) is 22.6 Å². The molecule has 0 aromatic heterocycles. The molecule has 150 valence electrons. The lowest BCUT2D eigenvalue weighted by atomic mass is 9.86. The lowest BCUT2D eigenvalue weighted by Gasteiger charge is -2.22. The van der Waals surface area contributed by atoms with E-state index in [4.69, 9.17) is 9.47 Å². The average molecular weight is 389 g/mol. The highest BCUT2D eigenvalue weighted by atomic mass is 16.5. The molecular formula is C25H27NO3. The van der Waals surface area contributed by atoms with Crippen molar-refractivity contribution in [2.45, 2.75) is 32.8 Å². The summed E-state index contributed by atoms with van der Waals surface area (Å²) in [5.41, 5.74) is 2.84. The first kappa shape index (κ1) is 20.5. The Morgan fingerprint density at radius 3 is 2.17 bits per heavy atom. The quantitative estimate of drug-likeness (QED) is 0.574. The number of carbonyl (C=O) groups excluding carboxylic acids is 1. The van der Waals surface area contributed by atoms with Crippen molar-refractivity contribution >= 4 is 11.6 Å². The van der Waals surface area contributed by atoms with E-state index in [-0.39, 0.29) is 17.9 Å². The highest BCUT2D eigenvalue weighted by molar-refractivity contribution is 5.91. The standard InChI is InChI=1S/C25H27NO3/c1-25(2,3)22-11-7-8-12-23(22)29-18-24(27)26-20-13-15-21(16-14-20)28-17-19-9-5-4-6-10-19/h4-16H,17-18H2,1-3H3,(H,26,27). The molecule has 0 atom stereocenters. The van der Waals surface area contributed by atoms with E-state index in [9.17, 15) is 4.79 Å². The smallest absolute Gasteiger partial charge is 0.262 e. The maximum absolute atomic E-state index is 12.3. The Balaban J connectivity index is 1.51. The summed E-state index contributed by atoms with van der Waals surface area (Å²) in [6, 6.07) is 25.1. The summed E-state index contributed by atoms with van der Waals surface area (Å²) in [6.07, 6.45) is 0. The molecule has 0 spiro atoms. The van der Waals surface area contributed by atoms with Crippen molar-refractivity contribution < 1.29 is 14.3 Å². The molecule has 0 saturated heterocycles. The van der Waals surface area contributed by atoms with Crippen molar-refractivity contribution in [3.63, 3.8) is 0 Å². The molecule has 0 fully saturated rings. The predicted octanol–water partition coefficient (Wildman–Crippen LogP) is 5.58. The van der Waals surface area contributed by atoms with Gasteiger partial charge in [0.05, 0.1) is 0 Å². The van der Waals surface area contributed by atoms with Crippen molar-refractivity contribution in [1.82, 2.24) is 0 Å². The number of hydrogen-bond donors (Lipinski definition) is 1. The number of para-hydroxylation sites is 1. The second kappa shape index (κ2) is 9.28. The van der Waals surface area contributed by atoms with Gasteiger partial charge < -0.3 is 14.8 Å². The van der Waals surface area contributed by atoms with E-state index >= 15 is 0 Å². The molecule has 4 heteroatoms. The number of benzene rings is 3. The van der Waals surface area contributed by atoms with Crippen LogP contribution in [0.2, 0.25) is 0 Å². The Hall–Kier alpha value is -3.27. The van der Waals surface area contributed by atoms with Crippen LogP contribution in [0, 0.1) is 0 Å². The van der Waals surface area contributed by atoms with E-state index in [0.29, 0.717) is 12.3 Å². The topological polar surface area (TPSA) is 47.6 Å². The molecule has 0 saturated carbocycles. The van der Waals surface area contributed by atoms with Gasteiger partial charge in [-0.25, -0.2) is 0 Å². The van der Waals surface area contributed by atoms with Crippen LogP contribution in [-0.2, 0) is 16.8 Å². The summed E-state index contributed by atoms with van der Waals surface area (Å²) >= 11 is 0. The summed E-state index contributed by atoms with van der Waals surface area (Å²) in [7, 11) is 0. The molecule has 3 rings (SSSR count). The average Bonchev–Trinajstić information content (AvgIpc) is 2.72. The van der Waals surface area contributed by atoms with Gasteiger partial charge in [-0.3, -0.25) is 4.79 Å². The zero-order valence-corrected chi connectivity index (χ0v) is 17.1. The minimum atomic E-state index is -0.202. The lowest BCUT2D eigenvalue weighted by molar-refractivity contribution is -0.118. The molecule has 0 heterocycles. The van der Waals surface area contributed by atoms with Gasteiger partial charge in [0.15, 0.2) is 6.61 Å². The largest absolute Gasteiger partial charge is 0.489 e. The van der Waals surface area contributed by atoms with Crippen LogP contribution in [0.3, 0.4) is 0 Å². The van der Waals surface area contributed by atoms with Gasteiger partial charge in [-0.2, -0.15) is 0 Å². The summed E-state index contributed by atoms with van der Waals surface area (Å²) in [5, 5.41) is 2.85. The third-order valence-electron chi connectivity index (χ3n) is 4.44. The minimum absolute atomic E-state index is 0.0423. The molecule has 0 aliphatic rings. The van der Waals surface area contributed by atoms with Gasteiger partial charge in [0.1, 0.15) is 18.1 Å². The van der Waals surface area contributed by atoms with Crippen LogP contribution in [0.4, 0.5) is 5.69 Å². The Kier molecular flexibility index (Phi) is 6.55. The molecule has 29 heavy (non-hydrogen) atoms. The fourth-order valence-corrected chi connectivity index (χ4v) is 2.93. The fourth-order valence-electron chi connectivity index (χ4n) is 2.93. The number of nitrogens with one attached hydrogen (secondary N) is 1. The zero-order chi connectivity index (χ0) is 20.7. The van der Waals surface area contributed by atoms with Gasteiger partial charge in [-0.15, -0.1) is 0 Å². The monoisotopic (exact) mass is 389 g/mol. The lowest BCUT2D eigenvalue weighted by Crippen LogP contribution is -2.21. The fraction of sp³-hybridized carbons (Fsp3) is 0.240. The second-order valence-electron chi connectivity index (χ2n) is 7.88. The molecule has 3 aromatic rings. The van der Waals surface area contributed by atoms with Crippen LogP contribution in [0.15, 0.2) is 78.9 Å². The summed E-state index contributed by atoms with van der Waals surface area (Å²) in [4.78, 5) is 12.3. The maximum Gasteiger partial charge on any atom is 0.262 e.